The number of rotatable bonds is 6. The van der Waals surface area contributed by atoms with E-state index in [0.29, 0.717) is 30.3 Å². The van der Waals surface area contributed by atoms with Crippen molar-refractivity contribution in [1.82, 2.24) is 20.4 Å². The monoisotopic (exact) mass is 366 g/mol. The molecule has 25 heavy (non-hydrogen) atoms. The molecule has 0 aromatic carbocycles. The molecule has 1 aliphatic rings. The molecule has 1 saturated heterocycles. The summed E-state index contributed by atoms with van der Waals surface area (Å²) in [5.41, 5.74) is 0.659. The molecule has 134 valence electrons. The highest BCUT2D eigenvalue weighted by Crippen LogP contribution is 2.19. The van der Waals surface area contributed by atoms with Crippen LogP contribution in [0.4, 0.5) is 0 Å². The van der Waals surface area contributed by atoms with Crippen molar-refractivity contribution in [3.8, 4) is 17.3 Å². The van der Waals surface area contributed by atoms with Gasteiger partial charge in [-0.15, -0.1) is 0 Å². The lowest BCUT2D eigenvalue weighted by Crippen LogP contribution is -2.31. The minimum atomic E-state index is -3.09. The quantitative estimate of drug-likeness (QED) is 0.787. The molecule has 1 N–H and O–H groups in total. The number of aromatic nitrogens is 3. The third kappa shape index (κ3) is 4.32. The maximum atomic E-state index is 12.0. The molecule has 3 rings (SSSR count). The SMILES string of the molecule is CCOc1ccc(-c2noc(CNC(=O)C3CCS(=O)(=O)C3)n2)cn1. The largest absolute Gasteiger partial charge is 0.478 e. The van der Waals surface area contributed by atoms with Crippen LogP contribution in [-0.4, -0.2) is 47.6 Å². The van der Waals surface area contributed by atoms with Crippen molar-refractivity contribution in [1.29, 1.82) is 0 Å². The number of sulfone groups is 1. The molecule has 1 atom stereocenters. The van der Waals surface area contributed by atoms with E-state index >= 15 is 0 Å². The van der Waals surface area contributed by atoms with Gasteiger partial charge in [0.15, 0.2) is 9.84 Å². The van der Waals surface area contributed by atoms with Crippen LogP contribution in [0.3, 0.4) is 0 Å². The highest BCUT2D eigenvalue weighted by Gasteiger charge is 2.32. The summed E-state index contributed by atoms with van der Waals surface area (Å²) in [6.07, 6.45) is 1.92. The Kier molecular flexibility index (Phi) is 4.98. The molecule has 10 heteroatoms. The van der Waals surface area contributed by atoms with Gasteiger partial charge in [-0.05, 0) is 19.4 Å². The summed E-state index contributed by atoms with van der Waals surface area (Å²) in [6.45, 7) is 2.45. The molecule has 0 saturated carbocycles. The van der Waals surface area contributed by atoms with Crippen molar-refractivity contribution >= 4 is 15.7 Å². The fourth-order valence-corrected chi connectivity index (χ4v) is 4.24. The number of hydrogen-bond donors (Lipinski definition) is 1. The van der Waals surface area contributed by atoms with Crippen molar-refractivity contribution in [2.75, 3.05) is 18.1 Å². The molecule has 0 spiro atoms. The maximum Gasteiger partial charge on any atom is 0.246 e. The minimum absolute atomic E-state index is 0.0485. The van der Waals surface area contributed by atoms with Gasteiger partial charge in [0, 0.05) is 17.8 Å². The number of amides is 1. The lowest BCUT2D eigenvalue weighted by atomic mass is 10.1. The highest BCUT2D eigenvalue weighted by atomic mass is 32.2. The van der Waals surface area contributed by atoms with Crippen LogP contribution < -0.4 is 10.1 Å². The lowest BCUT2D eigenvalue weighted by molar-refractivity contribution is -0.124. The molecular weight excluding hydrogens is 348 g/mol. The number of nitrogens with one attached hydrogen (secondary N) is 1. The van der Waals surface area contributed by atoms with Gasteiger partial charge in [0.25, 0.3) is 0 Å². The molecular formula is C15H18N4O5S. The Morgan fingerprint density at radius 3 is 2.92 bits per heavy atom. The van der Waals surface area contributed by atoms with Crippen molar-refractivity contribution < 1.29 is 22.5 Å². The van der Waals surface area contributed by atoms with E-state index in [2.05, 4.69) is 20.4 Å². The zero-order valence-corrected chi connectivity index (χ0v) is 14.5. The van der Waals surface area contributed by atoms with E-state index in [-0.39, 0.29) is 29.8 Å². The fourth-order valence-electron chi connectivity index (χ4n) is 2.50. The summed E-state index contributed by atoms with van der Waals surface area (Å²) in [5, 5.41) is 6.48. The molecule has 0 bridgehead atoms. The van der Waals surface area contributed by atoms with Gasteiger partial charge in [0.1, 0.15) is 0 Å². The Balaban J connectivity index is 1.57. The first kappa shape index (κ1) is 17.3. The first-order valence-electron chi connectivity index (χ1n) is 7.87. The van der Waals surface area contributed by atoms with E-state index in [1.807, 2.05) is 6.92 Å². The molecule has 0 aliphatic carbocycles. The Bertz CT molecular complexity index is 847. The average molecular weight is 366 g/mol. The second-order valence-electron chi connectivity index (χ2n) is 5.65. The molecule has 0 radical (unpaired) electrons. The predicted molar refractivity (Wildman–Crippen MR) is 87.3 cm³/mol. The normalized spacial score (nSPS) is 18.8. The van der Waals surface area contributed by atoms with Gasteiger partial charge in [-0.25, -0.2) is 13.4 Å². The molecule has 2 aromatic heterocycles. The van der Waals surface area contributed by atoms with Crippen LogP contribution in [0.25, 0.3) is 11.4 Å². The van der Waals surface area contributed by atoms with E-state index < -0.39 is 15.8 Å². The summed E-state index contributed by atoms with van der Waals surface area (Å²) in [4.78, 5) is 20.3. The standard InChI is InChI=1S/C15H18N4O5S/c1-2-23-12-4-3-10(7-16-12)14-18-13(24-19-14)8-17-15(20)11-5-6-25(21,22)9-11/h3-4,7,11H,2,5-6,8-9H2,1H3,(H,17,20). The molecule has 3 heterocycles. The molecule has 9 nitrogen and oxygen atoms in total. The van der Waals surface area contributed by atoms with Gasteiger partial charge >= 0.3 is 0 Å². The molecule has 1 aliphatic heterocycles. The third-order valence-corrected chi connectivity index (χ3v) is 5.54. The zero-order chi connectivity index (χ0) is 17.9. The van der Waals surface area contributed by atoms with E-state index in [4.69, 9.17) is 9.26 Å². The molecule has 1 fully saturated rings. The van der Waals surface area contributed by atoms with Crippen LogP contribution in [0.15, 0.2) is 22.9 Å². The van der Waals surface area contributed by atoms with E-state index in [0.717, 1.165) is 0 Å². The van der Waals surface area contributed by atoms with Gasteiger partial charge in [-0.2, -0.15) is 4.98 Å². The minimum Gasteiger partial charge on any atom is -0.478 e. The number of pyridine rings is 1. The van der Waals surface area contributed by atoms with Gasteiger partial charge < -0.3 is 14.6 Å². The smallest absolute Gasteiger partial charge is 0.246 e. The van der Waals surface area contributed by atoms with Crippen molar-refractivity contribution in [3.05, 3.63) is 24.2 Å². The Morgan fingerprint density at radius 1 is 1.44 bits per heavy atom. The van der Waals surface area contributed by atoms with Gasteiger partial charge in [-0.3, -0.25) is 4.79 Å². The summed E-state index contributed by atoms with van der Waals surface area (Å²) < 4.78 is 33.2. The number of ether oxygens (including phenoxy) is 1. The Hall–Kier alpha value is -2.49. The van der Waals surface area contributed by atoms with Crippen LogP contribution in [-0.2, 0) is 21.2 Å². The van der Waals surface area contributed by atoms with Gasteiger partial charge in [0.05, 0.1) is 30.6 Å². The Labute approximate surface area is 144 Å². The summed E-state index contributed by atoms with van der Waals surface area (Å²) in [6, 6.07) is 3.46. The highest BCUT2D eigenvalue weighted by molar-refractivity contribution is 7.91. The summed E-state index contributed by atoms with van der Waals surface area (Å²) >= 11 is 0. The lowest BCUT2D eigenvalue weighted by Gasteiger charge is -2.06. The van der Waals surface area contributed by atoms with E-state index in [1.165, 1.54) is 0 Å². The summed E-state index contributed by atoms with van der Waals surface area (Å²) in [7, 11) is -3.09. The van der Waals surface area contributed by atoms with Crippen LogP contribution in [0.5, 0.6) is 5.88 Å². The topological polar surface area (TPSA) is 124 Å². The fraction of sp³-hybridized carbons (Fsp3) is 0.467. The van der Waals surface area contributed by atoms with Crippen molar-refractivity contribution in [3.63, 3.8) is 0 Å². The number of nitrogens with zero attached hydrogens (tertiary/aromatic N) is 3. The number of carbonyl (C=O) groups is 1. The van der Waals surface area contributed by atoms with Crippen molar-refractivity contribution in [2.24, 2.45) is 5.92 Å². The number of carbonyl (C=O) groups excluding carboxylic acids is 1. The van der Waals surface area contributed by atoms with E-state index in [1.54, 1.807) is 18.3 Å². The average Bonchev–Trinajstić information content (AvgIpc) is 3.20. The predicted octanol–water partition coefficient (Wildman–Crippen LogP) is 0.581. The van der Waals surface area contributed by atoms with Crippen LogP contribution >= 0.6 is 0 Å². The zero-order valence-electron chi connectivity index (χ0n) is 13.6. The van der Waals surface area contributed by atoms with Gasteiger partial charge in [-0.1, -0.05) is 5.16 Å². The Morgan fingerprint density at radius 2 is 2.28 bits per heavy atom. The van der Waals surface area contributed by atoms with Gasteiger partial charge in [0.2, 0.25) is 23.5 Å². The first-order valence-corrected chi connectivity index (χ1v) is 9.69. The first-order chi connectivity index (χ1) is 12.0. The van der Waals surface area contributed by atoms with Crippen molar-refractivity contribution in [2.45, 2.75) is 19.9 Å². The second-order valence-corrected chi connectivity index (χ2v) is 7.88. The van der Waals surface area contributed by atoms with E-state index in [9.17, 15) is 13.2 Å². The molecule has 1 unspecified atom stereocenters. The molecule has 2 aromatic rings. The summed E-state index contributed by atoms with van der Waals surface area (Å²) in [5.74, 6) is 0.216. The molecule has 1 amide bonds. The maximum absolute atomic E-state index is 12.0. The van der Waals surface area contributed by atoms with Crippen LogP contribution in [0.2, 0.25) is 0 Å². The number of hydrogen-bond acceptors (Lipinski definition) is 8. The van der Waals surface area contributed by atoms with Crippen LogP contribution in [0.1, 0.15) is 19.2 Å². The third-order valence-electron chi connectivity index (χ3n) is 3.77. The second kappa shape index (κ2) is 7.18. The van der Waals surface area contributed by atoms with Crippen LogP contribution in [0, 0.1) is 5.92 Å².